The number of hydrogen-bond acceptors (Lipinski definition) is 4. The van der Waals surface area contributed by atoms with Crippen molar-refractivity contribution in [2.75, 3.05) is 6.54 Å². The van der Waals surface area contributed by atoms with Crippen molar-refractivity contribution in [3.05, 3.63) is 18.4 Å². The van der Waals surface area contributed by atoms with Crippen molar-refractivity contribution >= 4 is 5.91 Å². The van der Waals surface area contributed by atoms with Crippen LogP contribution in [0.4, 0.5) is 0 Å². The summed E-state index contributed by atoms with van der Waals surface area (Å²) in [5.74, 6) is 0.528. The molecule has 1 amide bonds. The van der Waals surface area contributed by atoms with Crippen molar-refractivity contribution in [3.63, 3.8) is 0 Å². The van der Waals surface area contributed by atoms with Gasteiger partial charge < -0.3 is 15.5 Å². The fourth-order valence-electron chi connectivity index (χ4n) is 0.929. The molecule has 5 heteroatoms. The van der Waals surface area contributed by atoms with Gasteiger partial charge in [0, 0.05) is 6.42 Å². The molecular formula is C8H13N3O2. The maximum atomic E-state index is 10.4. The minimum Gasteiger partial charge on any atom is -0.447 e. The molecule has 1 aromatic rings. The molecule has 0 unspecified atom stereocenters. The van der Waals surface area contributed by atoms with E-state index < -0.39 is 0 Å². The molecule has 0 fully saturated rings. The number of aromatic nitrogens is 1. The predicted octanol–water partition coefficient (Wildman–Crippen LogP) is 0.0297. The van der Waals surface area contributed by atoms with Crippen molar-refractivity contribution in [2.45, 2.75) is 19.4 Å². The van der Waals surface area contributed by atoms with Gasteiger partial charge in [-0.1, -0.05) is 0 Å². The monoisotopic (exact) mass is 183 g/mol. The van der Waals surface area contributed by atoms with Crippen LogP contribution >= 0.6 is 0 Å². The summed E-state index contributed by atoms with van der Waals surface area (Å²) < 4.78 is 5.00. The molecule has 0 atom stereocenters. The van der Waals surface area contributed by atoms with Gasteiger partial charge in [-0.15, -0.1) is 0 Å². The molecule has 0 saturated carbocycles. The number of amides is 1. The van der Waals surface area contributed by atoms with Gasteiger partial charge in [-0.2, -0.15) is 0 Å². The lowest BCUT2D eigenvalue weighted by Gasteiger charge is -1.99. The van der Waals surface area contributed by atoms with Gasteiger partial charge in [-0.05, 0) is 13.0 Å². The first-order valence-electron chi connectivity index (χ1n) is 4.15. The molecule has 5 nitrogen and oxygen atoms in total. The molecule has 0 bridgehead atoms. The summed E-state index contributed by atoms with van der Waals surface area (Å²) in [5.41, 5.74) is 4.97. The van der Waals surface area contributed by atoms with Crippen LogP contribution in [0.25, 0.3) is 0 Å². The summed E-state index contributed by atoms with van der Waals surface area (Å²) in [6.07, 6.45) is 4.22. The first-order chi connectivity index (χ1) is 6.29. The van der Waals surface area contributed by atoms with Gasteiger partial charge in [-0.25, -0.2) is 4.98 Å². The van der Waals surface area contributed by atoms with Crippen LogP contribution in [0.5, 0.6) is 0 Å². The zero-order valence-corrected chi connectivity index (χ0v) is 7.32. The number of carbonyl (C=O) groups is 1. The zero-order chi connectivity index (χ0) is 9.52. The van der Waals surface area contributed by atoms with Gasteiger partial charge in [-0.3, -0.25) is 4.79 Å². The molecule has 1 heterocycles. The summed E-state index contributed by atoms with van der Waals surface area (Å²) in [6.45, 7) is 1.39. The minimum atomic E-state index is -0.263. The summed E-state index contributed by atoms with van der Waals surface area (Å²) in [6, 6.07) is 0. The van der Waals surface area contributed by atoms with E-state index >= 15 is 0 Å². The van der Waals surface area contributed by atoms with Crippen LogP contribution < -0.4 is 11.1 Å². The molecule has 1 rings (SSSR count). The Labute approximate surface area is 76.3 Å². The highest BCUT2D eigenvalue weighted by atomic mass is 16.3. The van der Waals surface area contributed by atoms with E-state index in [9.17, 15) is 4.79 Å². The second-order valence-corrected chi connectivity index (χ2v) is 2.71. The molecule has 72 valence electrons. The SMILES string of the molecule is NC(=O)CCCNCc1cnco1. The largest absolute Gasteiger partial charge is 0.447 e. The van der Waals surface area contributed by atoms with Gasteiger partial charge in [0.2, 0.25) is 5.91 Å². The fourth-order valence-corrected chi connectivity index (χ4v) is 0.929. The Morgan fingerprint density at radius 1 is 1.69 bits per heavy atom. The lowest BCUT2D eigenvalue weighted by atomic mass is 10.3. The van der Waals surface area contributed by atoms with Gasteiger partial charge in [0.1, 0.15) is 5.76 Å². The fraction of sp³-hybridized carbons (Fsp3) is 0.500. The minimum absolute atomic E-state index is 0.263. The maximum absolute atomic E-state index is 10.4. The number of nitrogens with two attached hydrogens (primary N) is 1. The molecule has 0 radical (unpaired) electrons. The quantitative estimate of drug-likeness (QED) is 0.609. The normalized spacial score (nSPS) is 10.2. The lowest BCUT2D eigenvalue weighted by Crippen LogP contribution is -2.17. The van der Waals surface area contributed by atoms with Crippen LogP contribution in [0.15, 0.2) is 17.0 Å². The average Bonchev–Trinajstić information content (AvgIpc) is 2.55. The average molecular weight is 183 g/mol. The first-order valence-corrected chi connectivity index (χ1v) is 4.15. The molecule has 13 heavy (non-hydrogen) atoms. The second-order valence-electron chi connectivity index (χ2n) is 2.71. The van der Waals surface area contributed by atoms with Crippen LogP contribution in [0.1, 0.15) is 18.6 Å². The third kappa shape index (κ3) is 4.27. The Morgan fingerprint density at radius 2 is 2.54 bits per heavy atom. The Morgan fingerprint density at radius 3 is 3.15 bits per heavy atom. The third-order valence-corrected chi connectivity index (χ3v) is 1.56. The Balaban J connectivity index is 1.99. The Hall–Kier alpha value is -1.36. The molecule has 0 aliphatic heterocycles. The molecule has 0 aliphatic rings. The molecule has 0 spiro atoms. The van der Waals surface area contributed by atoms with Gasteiger partial charge in [0.05, 0.1) is 12.7 Å². The number of carbonyl (C=O) groups excluding carboxylic acids is 1. The van der Waals surface area contributed by atoms with E-state index in [-0.39, 0.29) is 5.91 Å². The van der Waals surface area contributed by atoms with E-state index in [1.54, 1.807) is 6.20 Å². The van der Waals surface area contributed by atoms with Crippen LogP contribution in [-0.4, -0.2) is 17.4 Å². The summed E-state index contributed by atoms with van der Waals surface area (Å²) in [4.78, 5) is 14.1. The summed E-state index contributed by atoms with van der Waals surface area (Å²) in [5, 5.41) is 3.10. The lowest BCUT2D eigenvalue weighted by molar-refractivity contribution is -0.118. The van der Waals surface area contributed by atoms with Crippen molar-refractivity contribution < 1.29 is 9.21 Å². The predicted molar refractivity (Wildman–Crippen MR) is 46.6 cm³/mol. The van der Waals surface area contributed by atoms with E-state index in [1.807, 2.05) is 0 Å². The van der Waals surface area contributed by atoms with Crippen LogP contribution in [0.2, 0.25) is 0 Å². The van der Waals surface area contributed by atoms with Gasteiger partial charge >= 0.3 is 0 Å². The first kappa shape index (κ1) is 9.73. The summed E-state index contributed by atoms with van der Waals surface area (Å²) >= 11 is 0. The highest BCUT2D eigenvalue weighted by molar-refractivity contribution is 5.73. The number of oxazole rings is 1. The van der Waals surface area contributed by atoms with Crippen LogP contribution in [-0.2, 0) is 11.3 Å². The van der Waals surface area contributed by atoms with E-state index in [2.05, 4.69) is 10.3 Å². The van der Waals surface area contributed by atoms with E-state index in [0.717, 1.165) is 18.7 Å². The Bertz CT molecular complexity index is 246. The smallest absolute Gasteiger partial charge is 0.217 e. The highest BCUT2D eigenvalue weighted by Crippen LogP contribution is 1.95. The van der Waals surface area contributed by atoms with Crippen molar-refractivity contribution in [3.8, 4) is 0 Å². The molecule has 3 N–H and O–H groups in total. The van der Waals surface area contributed by atoms with Gasteiger partial charge in [0.25, 0.3) is 0 Å². The highest BCUT2D eigenvalue weighted by Gasteiger charge is 1.96. The standard InChI is InChI=1S/C8H13N3O2/c9-8(12)2-1-3-10-4-7-5-11-6-13-7/h5-6,10H,1-4H2,(H2,9,12). The zero-order valence-electron chi connectivity index (χ0n) is 7.32. The van der Waals surface area contributed by atoms with Gasteiger partial charge in [0.15, 0.2) is 6.39 Å². The van der Waals surface area contributed by atoms with Crippen LogP contribution in [0, 0.1) is 0 Å². The van der Waals surface area contributed by atoms with E-state index in [1.165, 1.54) is 6.39 Å². The van der Waals surface area contributed by atoms with Crippen molar-refractivity contribution in [1.29, 1.82) is 0 Å². The molecule has 0 aliphatic carbocycles. The molecule has 0 saturated heterocycles. The molecule has 1 aromatic heterocycles. The molecular weight excluding hydrogens is 170 g/mol. The van der Waals surface area contributed by atoms with Crippen LogP contribution in [0.3, 0.4) is 0 Å². The van der Waals surface area contributed by atoms with Crippen molar-refractivity contribution in [2.24, 2.45) is 5.73 Å². The number of primary amides is 1. The Kier molecular flexibility index (Phi) is 3.98. The van der Waals surface area contributed by atoms with Crippen molar-refractivity contribution in [1.82, 2.24) is 10.3 Å². The van der Waals surface area contributed by atoms with E-state index in [4.69, 9.17) is 10.2 Å². The third-order valence-electron chi connectivity index (χ3n) is 1.56. The maximum Gasteiger partial charge on any atom is 0.217 e. The number of nitrogens with one attached hydrogen (secondary N) is 1. The number of hydrogen-bond donors (Lipinski definition) is 2. The topological polar surface area (TPSA) is 81.2 Å². The van der Waals surface area contributed by atoms with E-state index in [0.29, 0.717) is 13.0 Å². The number of nitrogens with zero attached hydrogens (tertiary/aromatic N) is 1. The molecule has 0 aromatic carbocycles. The number of rotatable bonds is 6. The second kappa shape index (κ2) is 5.31. The summed E-state index contributed by atoms with van der Waals surface area (Å²) in [7, 11) is 0.